The van der Waals surface area contributed by atoms with Crippen molar-refractivity contribution in [2.45, 2.75) is 46.1 Å². The molecule has 1 saturated heterocycles. The molecule has 1 aromatic rings. The molecule has 0 saturated carbocycles. The number of aryl methyl sites for hydroxylation is 1. The van der Waals surface area contributed by atoms with Crippen LogP contribution in [0.1, 0.15) is 38.7 Å². The third-order valence-corrected chi connectivity index (χ3v) is 4.06. The van der Waals surface area contributed by atoms with Gasteiger partial charge in [-0.05, 0) is 31.7 Å². The van der Waals surface area contributed by atoms with E-state index in [2.05, 4.69) is 24.1 Å². The van der Waals surface area contributed by atoms with Crippen LogP contribution in [0, 0.1) is 23.0 Å². The van der Waals surface area contributed by atoms with E-state index in [4.69, 9.17) is 0 Å². The van der Waals surface area contributed by atoms with Gasteiger partial charge in [-0.2, -0.15) is 0 Å². The number of anilines is 1. The summed E-state index contributed by atoms with van der Waals surface area (Å²) in [5, 5.41) is 14.1. The Kier molecular flexibility index (Phi) is 5.52. The molecule has 1 fully saturated rings. The van der Waals surface area contributed by atoms with Crippen molar-refractivity contribution in [3.05, 3.63) is 27.9 Å². The Morgan fingerprint density at radius 1 is 1.48 bits per heavy atom. The number of nitrogens with one attached hydrogen (secondary N) is 1. The summed E-state index contributed by atoms with van der Waals surface area (Å²) in [6.45, 7) is 7.30. The minimum absolute atomic E-state index is 0.0321. The Labute approximate surface area is 136 Å². The molecular weight excluding hydrogens is 296 g/mol. The standard InChI is InChI=1S/C16H24N4O3/c1-11(2)8-16(21)19-6-4-13(5-7-19)18-15-9-12(3)14(10-17-15)20(22)23/h9-11,13H,4-8H2,1-3H3,(H,17,18). The largest absolute Gasteiger partial charge is 0.367 e. The quantitative estimate of drug-likeness (QED) is 0.665. The number of carbonyl (C=O) groups excluding carboxylic acids is 1. The summed E-state index contributed by atoms with van der Waals surface area (Å²) in [5.41, 5.74) is 0.627. The van der Waals surface area contributed by atoms with Crippen LogP contribution in [0.3, 0.4) is 0 Å². The van der Waals surface area contributed by atoms with Gasteiger partial charge in [0.25, 0.3) is 5.69 Å². The van der Waals surface area contributed by atoms with Gasteiger partial charge in [0.1, 0.15) is 12.0 Å². The van der Waals surface area contributed by atoms with Crippen LogP contribution >= 0.6 is 0 Å². The second kappa shape index (κ2) is 7.39. The second-order valence-corrected chi connectivity index (χ2v) is 6.51. The molecule has 0 unspecified atom stereocenters. The number of aromatic nitrogens is 1. The zero-order valence-electron chi connectivity index (χ0n) is 13.9. The molecule has 1 N–H and O–H groups in total. The van der Waals surface area contributed by atoms with E-state index in [0.717, 1.165) is 25.9 Å². The summed E-state index contributed by atoms with van der Waals surface area (Å²) in [7, 11) is 0. The number of rotatable bonds is 5. The molecule has 0 atom stereocenters. The Hall–Kier alpha value is -2.18. The molecule has 23 heavy (non-hydrogen) atoms. The smallest absolute Gasteiger partial charge is 0.290 e. The molecule has 126 valence electrons. The van der Waals surface area contributed by atoms with Crippen LogP contribution in [0.25, 0.3) is 0 Å². The maximum absolute atomic E-state index is 12.0. The first kappa shape index (κ1) is 17.2. The first-order valence-corrected chi connectivity index (χ1v) is 8.02. The van der Waals surface area contributed by atoms with Gasteiger partial charge >= 0.3 is 0 Å². The molecule has 1 amide bonds. The van der Waals surface area contributed by atoms with E-state index in [1.165, 1.54) is 6.20 Å². The lowest BCUT2D eigenvalue weighted by molar-refractivity contribution is -0.385. The molecule has 7 heteroatoms. The molecule has 1 aliphatic heterocycles. The molecule has 1 aromatic heterocycles. The van der Waals surface area contributed by atoms with Crippen molar-refractivity contribution in [2.75, 3.05) is 18.4 Å². The Balaban J connectivity index is 1.88. The summed E-state index contributed by atoms with van der Waals surface area (Å²) in [6.07, 6.45) is 3.61. The predicted octanol–water partition coefficient (Wildman–Crippen LogP) is 2.75. The molecule has 0 bridgehead atoms. The Bertz CT molecular complexity index is 581. The maximum atomic E-state index is 12.0. The van der Waals surface area contributed by atoms with Crippen LogP contribution in [0.5, 0.6) is 0 Å². The van der Waals surface area contributed by atoms with Crippen LogP contribution in [-0.4, -0.2) is 39.8 Å². The lowest BCUT2D eigenvalue weighted by Gasteiger charge is -2.33. The molecule has 0 spiro atoms. The fraction of sp³-hybridized carbons (Fsp3) is 0.625. The first-order valence-electron chi connectivity index (χ1n) is 8.02. The van der Waals surface area contributed by atoms with Crippen molar-refractivity contribution in [2.24, 2.45) is 5.92 Å². The number of pyridine rings is 1. The normalized spacial score (nSPS) is 15.7. The summed E-state index contributed by atoms with van der Waals surface area (Å²) in [6, 6.07) is 1.94. The maximum Gasteiger partial charge on any atom is 0.290 e. The third-order valence-electron chi connectivity index (χ3n) is 4.06. The van der Waals surface area contributed by atoms with Gasteiger partial charge in [-0.25, -0.2) is 4.98 Å². The molecule has 0 radical (unpaired) electrons. The molecule has 2 rings (SSSR count). The van der Waals surface area contributed by atoms with Gasteiger partial charge in [0.15, 0.2) is 0 Å². The monoisotopic (exact) mass is 320 g/mol. The Morgan fingerprint density at radius 2 is 2.13 bits per heavy atom. The van der Waals surface area contributed by atoms with Crippen LogP contribution in [0.2, 0.25) is 0 Å². The molecule has 7 nitrogen and oxygen atoms in total. The molecule has 0 aromatic carbocycles. The van der Waals surface area contributed by atoms with E-state index in [1.807, 2.05) is 4.90 Å². The summed E-state index contributed by atoms with van der Waals surface area (Å²) in [4.78, 5) is 28.5. The lowest BCUT2D eigenvalue weighted by Crippen LogP contribution is -2.42. The van der Waals surface area contributed by atoms with Gasteiger partial charge in [0.2, 0.25) is 5.91 Å². The van der Waals surface area contributed by atoms with E-state index >= 15 is 0 Å². The Morgan fingerprint density at radius 3 is 2.65 bits per heavy atom. The van der Waals surface area contributed by atoms with Gasteiger partial charge in [-0.1, -0.05) is 13.8 Å². The highest BCUT2D eigenvalue weighted by atomic mass is 16.6. The molecule has 2 heterocycles. The molecule has 1 aliphatic rings. The van der Waals surface area contributed by atoms with Crippen LogP contribution in [-0.2, 0) is 4.79 Å². The second-order valence-electron chi connectivity index (χ2n) is 6.51. The number of hydrogen-bond donors (Lipinski definition) is 1. The van der Waals surface area contributed by atoms with E-state index in [9.17, 15) is 14.9 Å². The van der Waals surface area contributed by atoms with Crippen LogP contribution in [0.15, 0.2) is 12.3 Å². The highest BCUT2D eigenvalue weighted by Crippen LogP contribution is 2.21. The highest BCUT2D eigenvalue weighted by molar-refractivity contribution is 5.76. The van der Waals surface area contributed by atoms with Gasteiger partial charge < -0.3 is 10.2 Å². The third kappa shape index (κ3) is 4.64. The van der Waals surface area contributed by atoms with Crippen molar-refractivity contribution < 1.29 is 9.72 Å². The van der Waals surface area contributed by atoms with Crippen molar-refractivity contribution in [3.8, 4) is 0 Å². The van der Waals surface area contributed by atoms with Crippen LogP contribution in [0.4, 0.5) is 11.5 Å². The van der Waals surface area contributed by atoms with E-state index < -0.39 is 4.92 Å². The number of piperidine rings is 1. The van der Waals surface area contributed by atoms with Crippen molar-refractivity contribution in [1.82, 2.24) is 9.88 Å². The minimum atomic E-state index is -0.426. The fourth-order valence-electron chi connectivity index (χ4n) is 2.78. The average molecular weight is 320 g/mol. The average Bonchev–Trinajstić information content (AvgIpc) is 2.47. The van der Waals surface area contributed by atoms with E-state index in [0.29, 0.717) is 23.7 Å². The lowest BCUT2D eigenvalue weighted by atomic mass is 10.0. The minimum Gasteiger partial charge on any atom is -0.367 e. The van der Waals surface area contributed by atoms with Crippen molar-refractivity contribution in [3.63, 3.8) is 0 Å². The van der Waals surface area contributed by atoms with E-state index in [-0.39, 0.29) is 17.6 Å². The molecular formula is C16H24N4O3. The first-order chi connectivity index (χ1) is 10.9. The number of amides is 1. The van der Waals surface area contributed by atoms with Gasteiger partial charge in [-0.15, -0.1) is 0 Å². The summed E-state index contributed by atoms with van der Waals surface area (Å²) < 4.78 is 0. The topological polar surface area (TPSA) is 88.4 Å². The highest BCUT2D eigenvalue weighted by Gasteiger charge is 2.23. The van der Waals surface area contributed by atoms with E-state index in [1.54, 1.807) is 13.0 Å². The number of nitrogens with zero attached hydrogens (tertiary/aromatic N) is 3. The predicted molar refractivity (Wildman–Crippen MR) is 88.3 cm³/mol. The summed E-state index contributed by atoms with van der Waals surface area (Å²) >= 11 is 0. The number of nitro groups is 1. The van der Waals surface area contributed by atoms with Crippen LogP contribution < -0.4 is 5.32 Å². The van der Waals surface area contributed by atoms with Crippen molar-refractivity contribution in [1.29, 1.82) is 0 Å². The van der Waals surface area contributed by atoms with Crippen molar-refractivity contribution >= 4 is 17.4 Å². The fourth-order valence-corrected chi connectivity index (χ4v) is 2.78. The zero-order valence-corrected chi connectivity index (χ0v) is 13.9. The number of carbonyl (C=O) groups is 1. The van der Waals surface area contributed by atoms with Gasteiger partial charge in [0, 0.05) is 31.1 Å². The van der Waals surface area contributed by atoms with Gasteiger partial charge in [-0.3, -0.25) is 14.9 Å². The summed E-state index contributed by atoms with van der Waals surface area (Å²) in [5.74, 6) is 1.26. The number of hydrogen-bond acceptors (Lipinski definition) is 5. The molecule has 0 aliphatic carbocycles. The SMILES string of the molecule is Cc1cc(NC2CCN(C(=O)CC(C)C)CC2)ncc1[N+](=O)[O-]. The zero-order chi connectivity index (χ0) is 17.0. The van der Waals surface area contributed by atoms with Gasteiger partial charge in [0.05, 0.1) is 4.92 Å². The number of likely N-dealkylation sites (tertiary alicyclic amines) is 1.